The molecule has 9 heteroatoms. The predicted octanol–water partition coefficient (Wildman–Crippen LogP) is 2.29. The van der Waals surface area contributed by atoms with Crippen molar-refractivity contribution >= 4 is 51.6 Å². The van der Waals surface area contributed by atoms with Gasteiger partial charge in [0.2, 0.25) is 11.0 Å². The van der Waals surface area contributed by atoms with Crippen molar-refractivity contribution in [2.45, 2.75) is 10.8 Å². The lowest BCUT2D eigenvalue weighted by Crippen LogP contribution is -2.13. The maximum atomic E-state index is 11.6. The Morgan fingerprint density at radius 1 is 1.47 bits per heavy atom. The molecule has 0 saturated heterocycles. The molecule has 2 aromatic rings. The van der Waals surface area contributed by atoms with E-state index in [9.17, 15) is 4.79 Å². The van der Waals surface area contributed by atoms with Gasteiger partial charge in [-0.05, 0) is 12.1 Å². The zero-order valence-corrected chi connectivity index (χ0v) is 12.1. The second-order valence-corrected chi connectivity index (χ2v) is 6.20. The van der Waals surface area contributed by atoms with Crippen molar-refractivity contribution in [3.05, 3.63) is 23.4 Å². The number of nitrogens with one attached hydrogen (secondary N) is 1. The Balaban J connectivity index is 1.74. The first-order chi connectivity index (χ1) is 9.13. The molecule has 0 atom stereocenters. The minimum absolute atomic E-state index is 0.111. The van der Waals surface area contributed by atoms with E-state index in [4.69, 9.17) is 17.3 Å². The Morgan fingerprint density at radius 2 is 2.32 bits per heavy atom. The number of carbonyl (C=O) groups excluding carboxylic acids is 1. The molecule has 0 spiro atoms. The van der Waals surface area contributed by atoms with Crippen LogP contribution in [-0.2, 0) is 4.79 Å². The molecule has 2 aromatic heterocycles. The Kier molecular flexibility index (Phi) is 4.94. The lowest BCUT2D eigenvalue weighted by Gasteiger charge is -2.03. The Labute approximate surface area is 122 Å². The molecule has 0 fully saturated rings. The summed E-state index contributed by atoms with van der Waals surface area (Å²) in [4.78, 5) is 15.6. The van der Waals surface area contributed by atoms with Crippen LogP contribution in [0.3, 0.4) is 0 Å². The second-order valence-electron chi connectivity index (χ2n) is 3.41. The van der Waals surface area contributed by atoms with Gasteiger partial charge in [-0.3, -0.25) is 4.79 Å². The topological polar surface area (TPSA) is 93.8 Å². The number of pyridine rings is 1. The predicted molar refractivity (Wildman–Crippen MR) is 77.5 cm³/mol. The molecule has 100 valence electrons. The van der Waals surface area contributed by atoms with Crippen molar-refractivity contribution in [3.63, 3.8) is 0 Å². The van der Waals surface area contributed by atoms with Crippen LogP contribution in [-0.4, -0.2) is 26.8 Å². The van der Waals surface area contributed by atoms with Crippen LogP contribution < -0.4 is 11.1 Å². The molecule has 1 amide bonds. The van der Waals surface area contributed by atoms with Crippen LogP contribution in [0.25, 0.3) is 0 Å². The number of hydrogen-bond donors (Lipinski definition) is 2. The Morgan fingerprint density at radius 3 is 2.95 bits per heavy atom. The first-order valence-electron chi connectivity index (χ1n) is 5.26. The zero-order chi connectivity index (χ0) is 13.7. The van der Waals surface area contributed by atoms with Crippen LogP contribution in [0.2, 0.25) is 5.02 Å². The lowest BCUT2D eigenvalue weighted by molar-refractivity contribution is -0.115. The fraction of sp³-hybridized carbons (Fsp3) is 0.200. The van der Waals surface area contributed by atoms with E-state index in [1.807, 2.05) is 0 Å². The van der Waals surface area contributed by atoms with E-state index in [0.717, 1.165) is 4.34 Å². The van der Waals surface area contributed by atoms with Crippen LogP contribution in [0.4, 0.5) is 10.9 Å². The Hall–Kier alpha value is -1.38. The van der Waals surface area contributed by atoms with Gasteiger partial charge < -0.3 is 11.1 Å². The molecule has 0 aliphatic rings. The third-order valence-corrected chi connectivity index (χ3v) is 4.08. The molecule has 0 aliphatic heterocycles. The smallest absolute Gasteiger partial charge is 0.226 e. The van der Waals surface area contributed by atoms with Crippen molar-refractivity contribution in [3.8, 4) is 0 Å². The number of hydrogen-bond acceptors (Lipinski definition) is 7. The number of anilines is 2. The molecule has 6 nitrogen and oxygen atoms in total. The van der Waals surface area contributed by atoms with Crippen LogP contribution in [0.5, 0.6) is 0 Å². The normalized spacial score (nSPS) is 10.4. The molecule has 0 saturated carbocycles. The highest BCUT2D eigenvalue weighted by Gasteiger charge is 2.06. The molecular weight excluding hydrogens is 306 g/mol. The largest absolute Gasteiger partial charge is 0.374 e. The van der Waals surface area contributed by atoms with E-state index in [-0.39, 0.29) is 5.91 Å². The van der Waals surface area contributed by atoms with Crippen molar-refractivity contribution in [1.29, 1.82) is 0 Å². The van der Waals surface area contributed by atoms with Crippen molar-refractivity contribution in [2.24, 2.45) is 0 Å². The number of nitrogen functional groups attached to an aromatic ring is 1. The number of nitrogens with two attached hydrogens (primary N) is 1. The molecule has 0 aliphatic carbocycles. The summed E-state index contributed by atoms with van der Waals surface area (Å²) < 4.78 is 0.759. The quantitative estimate of drug-likeness (QED) is 0.822. The highest BCUT2D eigenvalue weighted by Crippen LogP contribution is 2.23. The molecular formula is C10H10ClN5OS2. The van der Waals surface area contributed by atoms with Gasteiger partial charge in [-0.25, -0.2) is 4.98 Å². The van der Waals surface area contributed by atoms with E-state index in [2.05, 4.69) is 20.5 Å². The average molecular weight is 316 g/mol. The summed E-state index contributed by atoms with van der Waals surface area (Å²) in [5.41, 5.74) is 5.46. The van der Waals surface area contributed by atoms with E-state index in [1.54, 1.807) is 12.1 Å². The molecule has 0 bridgehead atoms. The molecule has 0 aromatic carbocycles. The highest BCUT2D eigenvalue weighted by molar-refractivity contribution is 8.01. The number of nitrogens with zero attached hydrogens (tertiary/aromatic N) is 3. The summed E-state index contributed by atoms with van der Waals surface area (Å²) in [6.45, 7) is 0. The van der Waals surface area contributed by atoms with Crippen LogP contribution >= 0.6 is 34.7 Å². The molecule has 2 rings (SSSR count). The summed E-state index contributed by atoms with van der Waals surface area (Å²) in [6, 6.07) is 3.32. The third-order valence-electron chi connectivity index (χ3n) is 1.97. The molecule has 0 unspecified atom stereocenters. The minimum Gasteiger partial charge on any atom is -0.374 e. The van der Waals surface area contributed by atoms with Gasteiger partial charge in [-0.1, -0.05) is 34.7 Å². The summed E-state index contributed by atoms with van der Waals surface area (Å²) in [6.07, 6.45) is 1.84. The highest BCUT2D eigenvalue weighted by atomic mass is 35.5. The second kappa shape index (κ2) is 6.69. The molecule has 19 heavy (non-hydrogen) atoms. The first kappa shape index (κ1) is 14.0. The zero-order valence-electron chi connectivity index (χ0n) is 9.67. The average Bonchev–Trinajstić information content (AvgIpc) is 2.78. The van der Waals surface area contributed by atoms with Crippen LogP contribution in [0.1, 0.15) is 6.42 Å². The van der Waals surface area contributed by atoms with Crippen molar-refractivity contribution in [2.75, 3.05) is 16.8 Å². The van der Waals surface area contributed by atoms with Crippen LogP contribution in [0, 0.1) is 0 Å². The SMILES string of the molecule is Nc1nnc(SCCC(=O)Nc2ccc(Cl)cn2)s1. The van der Waals surface area contributed by atoms with E-state index in [0.29, 0.717) is 28.1 Å². The van der Waals surface area contributed by atoms with Crippen LogP contribution in [0.15, 0.2) is 22.7 Å². The Bertz CT molecular complexity index is 559. The molecule has 3 N–H and O–H groups in total. The fourth-order valence-corrected chi connectivity index (χ4v) is 2.92. The summed E-state index contributed by atoms with van der Waals surface area (Å²) in [5, 5.41) is 11.2. The third kappa shape index (κ3) is 4.66. The van der Waals surface area contributed by atoms with Gasteiger partial charge in [0.1, 0.15) is 5.82 Å². The maximum Gasteiger partial charge on any atom is 0.226 e. The monoisotopic (exact) mass is 315 g/mol. The number of carbonyl (C=O) groups is 1. The summed E-state index contributed by atoms with van der Waals surface area (Å²) in [7, 11) is 0. The molecule has 2 heterocycles. The standard InChI is InChI=1S/C10H10ClN5OS2/c11-6-1-2-7(13-5-6)14-8(17)3-4-18-10-16-15-9(12)19-10/h1-2,5H,3-4H2,(H2,12,15)(H,13,14,17). The van der Waals surface area contributed by atoms with Gasteiger partial charge in [0, 0.05) is 18.4 Å². The maximum absolute atomic E-state index is 11.6. The minimum atomic E-state index is -0.111. The van der Waals surface area contributed by atoms with E-state index < -0.39 is 0 Å². The van der Waals surface area contributed by atoms with Gasteiger partial charge >= 0.3 is 0 Å². The van der Waals surface area contributed by atoms with E-state index >= 15 is 0 Å². The number of aromatic nitrogens is 3. The number of amides is 1. The van der Waals surface area contributed by atoms with Crippen molar-refractivity contribution < 1.29 is 4.79 Å². The van der Waals surface area contributed by atoms with Gasteiger partial charge in [0.25, 0.3) is 0 Å². The summed E-state index contributed by atoms with van der Waals surface area (Å²) >= 11 is 8.45. The first-order valence-corrected chi connectivity index (χ1v) is 7.44. The van der Waals surface area contributed by atoms with Gasteiger partial charge in [-0.2, -0.15) is 0 Å². The van der Waals surface area contributed by atoms with Crippen molar-refractivity contribution in [1.82, 2.24) is 15.2 Å². The number of thioether (sulfide) groups is 1. The van der Waals surface area contributed by atoms with Gasteiger partial charge in [0.15, 0.2) is 4.34 Å². The lowest BCUT2D eigenvalue weighted by atomic mass is 10.4. The van der Waals surface area contributed by atoms with Gasteiger partial charge in [0.05, 0.1) is 5.02 Å². The fourth-order valence-electron chi connectivity index (χ4n) is 1.16. The van der Waals surface area contributed by atoms with Gasteiger partial charge in [-0.15, -0.1) is 10.2 Å². The summed E-state index contributed by atoms with van der Waals surface area (Å²) in [5.74, 6) is 0.980. The number of halogens is 1. The molecule has 0 radical (unpaired) electrons. The number of rotatable bonds is 5. The van der Waals surface area contributed by atoms with E-state index in [1.165, 1.54) is 29.3 Å².